The lowest BCUT2D eigenvalue weighted by atomic mass is 10.2. The number of anilines is 1. The Labute approximate surface area is 103 Å². The zero-order valence-electron chi connectivity index (χ0n) is 9.20. The van der Waals surface area contributed by atoms with Crippen LogP contribution in [0.4, 0.5) is 11.4 Å². The van der Waals surface area contributed by atoms with Crippen molar-refractivity contribution in [2.75, 3.05) is 18.4 Å². The van der Waals surface area contributed by atoms with Crippen LogP contribution in [0.3, 0.4) is 0 Å². The molecule has 0 radical (unpaired) electrons. The number of hydrogen-bond donors (Lipinski definition) is 2. The monoisotopic (exact) mass is 257 g/mol. The average molecular weight is 258 g/mol. The Hall–Kier alpha value is -1.82. The van der Waals surface area contributed by atoms with E-state index in [1.165, 1.54) is 25.1 Å². The summed E-state index contributed by atoms with van der Waals surface area (Å²) in [6, 6.07) is 4.27. The largest absolute Gasteiger partial charge is 0.378 e. The predicted octanol–water partition coefficient (Wildman–Crippen LogP) is 1.80. The molecule has 2 N–H and O–H groups in total. The Kier molecular flexibility index (Phi) is 4.71. The summed E-state index contributed by atoms with van der Waals surface area (Å²) in [6.45, 7) is 2.18. The van der Waals surface area contributed by atoms with Crippen LogP contribution in [0.25, 0.3) is 0 Å². The van der Waals surface area contributed by atoms with Gasteiger partial charge >= 0.3 is 0 Å². The van der Waals surface area contributed by atoms with Crippen molar-refractivity contribution in [3.63, 3.8) is 0 Å². The van der Waals surface area contributed by atoms with Gasteiger partial charge in [-0.2, -0.15) is 0 Å². The quantitative estimate of drug-likeness (QED) is 0.479. The third-order valence-corrected chi connectivity index (χ3v) is 2.20. The number of benzene rings is 1. The Morgan fingerprint density at radius 1 is 1.47 bits per heavy atom. The van der Waals surface area contributed by atoms with Gasteiger partial charge in [-0.1, -0.05) is 11.6 Å². The highest BCUT2D eigenvalue weighted by Gasteiger charge is 2.13. The van der Waals surface area contributed by atoms with E-state index in [2.05, 4.69) is 10.6 Å². The van der Waals surface area contributed by atoms with Gasteiger partial charge in [-0.15, -0.1) is 0 Å². The molecular formula is C10H12ClN3O3. The molecule has 0 aliphatic rings. The smallest absolute Gasteiger partial charge is 0.292 e. The van der Waals surface area contributed by atoms with Gasteiger partial charge < -0.3 is 10.6 Å². The van der Waals surface area contributed by atoms with E-state index in [-0.39, 0.29) is 11.6 Å². The van der Waals surface area contributed by atoms with Crippen LogP contribution in [-0.2, 0) is 4.79 Å². The number of halogens is 1. The lowest BCUT2D eigenvalue weighted by Gasteiger charge is -2.07. The second-order valence-corrected chi connectivity index (χ2v) is 3.76. The van der Waals surface area contributed by atoms with E-state index in [4.69, 9.17) is 11.6 Å². The fourth-order valence-electron chi connectivity index (χ4n) is 1.24. The second-order valence-electron chi connectivity index (χ2n) is 3.33. The maximum Gasteiger partial charge on any atom is 0.292 e. The summed E-state index contributed by atoms with van der Waals surface area (Å²) in [5.74, 6) is -0.146. The van der Waals surface area contributed by atoms with Crippen LogP contribution in [0, 0.1) is 10.1 Å². The molecule has 0 saturated heterocycles. The molecule has 0 heterocycles. The zero-order chi connectivity index (χ0) is 12.8. The van der Waals surface area contributed by atoms with Crippen LogP contribution in [0.2, 0.25) is 5.02 Å². The van der Waals surface area contributed by atoms with Crippen molar-refractivity contribution >= 4 is 28.9 Å². The molecule has 17 heavy (non-hydrogen) atoms. The maximum atomic E-state index is 10.7. The third-order valence-electron chi connectivity index (χ3n) is 1.97. The fourth-order valence-corrected chi connectivity index (χ4v) is 1.42. The minimum absolute atomic E-state index is 0.0442. The molecule has 0 saturated carbocycles. The van der Waals surface area contributed by atoms with Gasteiger partial charge in [-0.25, -0.2) is 0 Å². The van der Waals surface area contributed by atoms with Crippen LogP contribution in [0.15, 0.2) is 18.2 Å². The van der Waals surface area contributed by atoms with E-state index in [1.807, 2.05) is 0 Å². The Bertz CT molecular complexity index is 437. The molecule has 1 amide bonds. The van der Waals surface area contributed by atoms with E-state index < -0.39 is 4.92 Å². The molecule has 0 fully saturated rings. The molecule has 0 aliphatic carbocycles. The van der Waals surface area contributed by atoms with Gasteiger partial charge in [0.15, 0.2) is 0 Å². The van der Waals surface area contributed by atoms with Crippen LogP contribution >= 0.6 is 11.6 Å². The normalized spacial score (nSPS) is 9.76. The number of nitro groups is 1. The molecule has 0 bridgehead atoms. The molecule has 0 unspecified atom stereocenters. The summed E-state index contributed by atoms with van der Waals surface area (Å²) in [4.78, 5) is 20.9. The van der Waals surface area contributed by atoms with Gasteiger partial charge in [0, 0.05) is 31.1 Å². The summed E-state index contributed by atoms with van der Waals surface area (Å²) in [7, 11) is 0. The molecule has 0 atom stereocenters. The zero-order valence-corrected chi connectivity index (χ0v) is 9.95. The molecule has 92 valence electrons. The summed E-state index contributed by atoms with van der Waals surface area (Å²) in [6.07, 6.45) is 0. The van der Waals surface area contributed by atoms with E-state index in [0.717, 1.165) is 0 Å². The predicted molar refractivity (Wildman–Crippen MR) is 65.3 cm³/mol. The van der Waals surface area contributed by atoms with Crippen molar-refractivity contribution in [3.05, 3.63) is 33.3 Å². The maximum absolute atomic E-state index is 10.7. The summed E-state index contributed by atoms with van der Waals surface area (Å²) in [5, 5.41) is 16.6. The highest BCUT2D eigenvalue weighted by Crippen LogP contribution is 2.27. The van der Waals surface area contributed by atoms with Gasteiger partial charge in [0.25, 0.3) is 5.69 Å². The van der Waals surface area contributed by atoms with Crippen LogP contribution in [0.1, 0.15) is 6.92 Å². The second kappa shape index (κ2) is 6.05. The first-order valence-electron chi connectivity index (χ1n) is 4.93. The Morgan fingerprint density at radius 3 is 2.76 bits per heavy atom. The van der Waals surface area contributed by atoms with Crippen molar-refractivity contribution in [1.82, 2.24) is 5.32 Å². The molecular weight excluding hydrogens is 246 g/mol. The lowest BCUT2D eigenvalue weighted by Crippen LogP contribution is -2.26. The number of hydrogen-bond acceptors (Lipinski definition) is 4. The Morgan fingerprint density at radius 2 is 2.18 bits per heavy atom. The van der Waals surface area contributed by atoms with E-state index in [0.29, 0.717) is 23.8 Å². The van der Waals surface area contributed by atoms with Crippen LogP contribution in [-0.4, -0.2) is 23.9 Å². The number of nitrogens with zero attached hydrogens (tertiary/aromatic N) is 1. The molecule has 6 nitrogen and oxygen atoms in total. The number of amides is 1. The summed E-state index contributed by atoms with van der Waals surface area (Å²) < 4.78 is 0. The third kappa shape index (κ3) is 4.28. The topological polar surface area (TPSA) is 84.3 Å². The molecule has 1 aromatic carbocycles. The van der Waals surface area contributed by atoms with Gasteiger partial charge in [0.1, 0.15) is 5.69 Å². The molecule has 0 spiro atoms. The molecule has 1 rings (SSSR count). The van der Waals surface area contributed by atoms with Gasteiger partial charge in [-0.05, 0) is 12.1 Å². The Balaban J connectivity index is 2.65. The standard InChI is InChI=1S/C10H12ClN3O3/c1-7(15)12-4-5-13-9-6-8(11)2-3-10(9)14(16)17/h2-3,6,13H,4-5H2,1H3,(H,12,15). The number of carbonyl (C=O) groups is 1. The van der Waals surface area contributed by atoms with Gasteiger partial charge in [-0.3, -0.25) is 14.9 Å². The number of nitrogens with one attached hydrogen (secondary N) is 2. The number of rotatable bonds is 5. The first-order chi connectivity index (χ1) is 8.00. The number of carbonyl (C=O) groups excluding carboxylic acids is 1. The van der Waals surface area contributed by atoms with Gasteiger partial charge in [0.05, 0.1) is 4.92 Å². The van der Waals surface area contributed by atoms with E-state index in [1.54, 1.807) is 0 Å². The van der Waals surface area contributed by atoms with Crippen molar-refractivity contribution in [2.45, 2.75) is 6.92 Å². The summed E-state index contributed by atoms with van der Waals surface area (Å²) >= 11 is 5.75. The molecule has 0 aliphatic heterocycles. The van der Waals surface area contributed by atoms with Gasteiger partial charge in [0.2, 0.25) is 5.91 Å². The minimum atomic E-state index is -0.489. The van der Waals surface area contributed by atoms with Crippen molar-refractivity contribution < 1.29 is 9.72 Å². The van der Waals surface area contributed by atoms with Crippen molar-refractivity contribution in [3.8, 4) is 0 Å². The van der Waals surface area contributed by atoms with E-state index >= 15 is 0 Å². The lowest BCUT2D eigenvalue weighted by molar-refractivity contribution is -0.384. The first kappa shape index (κ1) is 13.2. The van der Waals surface area contributed by atoms with E-state index in [9.17, 15) is 14.9 Å². The average Bonchev–Trinajstić information content (AvgIpc) is 2.23. The fraction of sp³-hybridized carbons (Fsp3) is 0.300. The highest BCUT2D eigenvalue weighted by molar-refractivity contribution is 6.31. The van der Waals surface area contributed by atoms with Crippen LogP contribution < -0.4 is 10.6 Å². The van der Waals surface area contributed by atoms with Crippen LogP contribution in [0.5, 0.6) is 0 Å². The highest BCUT2D eigenvalue weighted by atomic mass is 35.5. The minimum Gasteiger partial charge on any atom is -0.378 e. The first-order valence-corrected chi connectivity index (χ1v) is 5.30. The van der Waals surface area contributed by atoms with Crippen molar-refractivity contribution in [2.24, 2.45) is 0 Å². The number of nitro benzene ring substituents is 1. The SMILES string of the molecule is CC(=O)NCCNc1cc(Cl)ccc1[N+](=O)[O-]. The molecule has 1 aromatic rings. The molecule has 7 heteroatoms. The van der Waals surface area contributed by atoms with Crippen molar-refractivity contribution in [1.29, 1.82) is 0 Å². The molecule has 0 aromatic heterocycles. The summed E-state index contributed by atoms with van der Waals surface area (Å²) in [5.41, 5.74) is 0.296.